The first kappa shape index (κ1) is 15.6. The maximum absolute atomic E-state index is 15.4. The van der Waals surface area contributed by atoms with E-state index in [0.29, 0.717) is 27.8 Å². The van der Waals surface area contributed by atoms with E-state index in [1.54, 1.807) is 12.3 Å². The van der Waals surface area contributed by atoms with E-state index in [1.165, 1.54) is 31.2 Å². The Morgan fingerprint density at radius 3 is 2.73 bits per heavy atom. The van der Waals surface area contributed by atoms with E-state index < -0.39 is 0 Å². The average molecular weight is 345 g/mol. The molecule has 1 aliphatic rings. The summed E-state index contributed by atoms with van der Waals surface area (Å²) >= 11 is 0. The molecule has 0 amide bonds. The van der Waals surface area contributed by atoms with Crippen LogP contribution < -0.4 is 0 Å². The molecule has 2 heterocycles. The Labute approximate surface area is 151 Å². The molecular weight excluding hydrogens is 325 g/mol. The van der Waals surface area contributed by atoms with E-state index in [0.717, 1.165) is 17.7 Å². The van der Waals surface area contributed by atoms with Gasteiger partial charge >= 0.3 is 0 Å². The molecule has 0 saturated heterocycles. The van der Waals surface area contributed by atoms with E-state index in [4.69, 9.17) is 4.42 Å². The van der Waals surface area contributed by atoms with Gasteiger partial charge in [-0.2, -0.15) is 0 Å². The van der Waals surface area contributed by atoms with Crippen molar-refractivity contribution < 1.29 is 8.81 Å². The summed E-state index contributed by atoms with van der Waals surface area (Å²) in [6.07, 6.45) is 8.14. The molecule has 3 heteroatoms. The van der Waals surface area contributed by atoms with Crippen molar-refractivity contribution in [1.82, 2.24) is 4.98 Å². The van der Waals surface area contributed by atoms with Crippen LogP contribution in [0.1, 0.15) is 31.2 Å². The highest BCUT2D eigenvalue weighted by Gasteiger charge is 2.18. The summed E-state index contributed by atoms with van der Waals surface area (Å²) in [5, 5.41) is 1.35. The zero-order chi connectivity index (χ0) is 17.5. The molecule has 130 valence electrons. The van der Waals surface area contributed by atoms with E-state index >= 15 is 4.39 Å². The number of fused-ring (bicyclic) bond motifs is 3. The Morgan fingerprint density at radius 1 is 1.00 bits per heavy atom. The monoisotopic (exact) mass is 345 g/mol. The molecular formula is C23H20FNO. The van der Waals surface area contributed by atoms with Crippen molar-refractivity contribution in [2.24, 2.45) is 5.92 Å². The highest BCUT2D eigenvalue weighted by molar-refractivity contribution is 6.06. The minimum Gasteiger partial charge on any atom is -0.456 e. The second kappa shape index (κ2) is 6.24. The van der Waals surface area contributed by atoms with Crippen LogP contribution in [0, 0.1) is 11.7 Å². The molecule has 2 aromatic heterocycles. The minimum atomic E-state index is -0.252. The van der Waals surface area contributed by atoms with E-state index in [1.807, 2.05) is 36.4 Å². The summed E-state index contributed by atoms with van der Waals surface area (Å²) in [6, 6.07) is 15.3. The predicted molar refractivity (Wildman–Crippen MR) is 103 cm³/mol. The summed E-state index contributed by atoms with van der Waals surface area (Å²) in [4.78, 5) is 4.45. The SMILES string of the molecule is Fc1c(-c2cc(CC3CCCC3)ccn2)ccc2oc3ccccc3c12. The van der Waals surface area contributed by atoms with Gasteiger partial charge in [-0.05, 0) is 48.2 Å². The van der Waals surface area contributed by atoms with E-state index in [2.05, 4.69) is 11.1 Å². The second-order valence-electron chi connectivity index (χ2n) is 7.30. The number of furan rings is 1. The second-order valence-corrected chi connectivity index (χ2v) is 7.30. The van der Waals surface area contributed by atoms with Gasteiger partial charge in [-0.3, -0.25) is 4.98 Å². The van der Waals surface area contributed by atoms with Gasteiger partial charge in [0.25, 0.3) is 0 Å². The molecule has 2 aromatic carbocycles. The normalized spacial score (nSPS) is 15.3. The standard InChI is InChI=1S/C23H20FNO/c24-23-17(9-10-21-22(23)18-7-3-4-8-20(18)26-21)19-14-16(11-12-25-19)13-15-5-1-2-6-15/h3-4,7-12,14-15H,1-2,5-6,13H2. The number of rotatable bonds is 3. The molecule has 26 heavy (non-hydrogen) atoms. The van der Waals surface area contributed by atoms with E-state index in [9.17, 15) is 0 Å². The molecule has 5 rings (SSSR count). The summed E-state index contributed by atoms with van der Waals surface area (Å²) < 4.78 is 21.1. The molecule has 0 atom stereocenters. The third kappa shape index (κ3) is 2.59. The molecule has 0 unspecified atom stereocenters. The van der Waals surface area contributed by atoms with Gasteiger partial charge < -0.3 is 4.42 Å². The number of hydrogen-bond donors (Lipinski definition) is 0. The minimum absolute atomic E-state index is 0.252. The van der Waals surface area contributed by atoms with Gasteiger partial charge in [0.15, 0.2) is 0 Å². The summed E-state index contributed by atoms with van der Waals surface area (Å²) in [6.45, 7) is 0. The van der Waals surface area contributed by atoms with Crippen LogP contribution in [0.4, 0.5) is 4.39 Å². The molecule has 2 nitrogen and oxygen atoms in total. The number of pyridine rings is 1. The number of para-hydroxylation sites is 1. The molecule has 1 aliphatic carbocycles. The van der Waals surface area contributed by atoms with Gasteiger partial charge in [-0.1, -0.05) is 43.9 Å². The lowest BCUT2D eigenvalue weighted by atomic mass is 9.97. The van der Waals surface area contributed by atoms with Crippen molar-refractivity contribution in [3.05, 3.63) is 66.1 Å². The first-order valence-corrected chi connectivity index (χ1v) is 9.34. The Kier molecular flexibility index (Phi) is 3.74. The van der Waals surface area contributed by atoms with Crippen molar-refractivity contribution in [2.75, 3.05) is 0 Å². The first-order chi connectivity index (χ1) is 12.8. The molecule has 0 radical (unpaired) electrons. The van der Waals surface area contributed by atoms with Gasteiger partial charge in [0.05, 0.1) is 11.1 Å². The Balaban J connectivity index is 1.60. The van der Waals surface area contributed by atoms with E-state index in [-0.39, 0.29) is 5.82 Å². The number of halogens is 1. The van der Waals surface area contributed by atoms with Gasteiger partial charge in [0.1, 0.15) is 17.0 Å². The third-order valence-corrected chi connectivity index (χ3v) is 5.58. The largest absolute Gasteiger partial charge is 0.456 e. The highest BCUT2D eigenvalue weighted by atomic mass is 19.1. The molecule has 0 bridgehead atoms. The quantitative estimate of drug-likeness (QED) is 0.422. The maximum Gasteiger partial charge on any atom is 0.144 e. The smallest absolute Gasteiger partial charge is 0.144 e. The number of hydrogen-bond acceptors (Lipinski definition) is 2. The van der Waals surface area contributed by atoms with Crippen LogP contribution in [-0.4, -0.2) is 4.98 Å². The van der Waals surface area contributed by atoms with Gasteiger partial charge in [0, 0.05) is 17.1 Å². The van der Waals surface area contributed by atoms with Crippen molar-refractivity contribution in [3.8, 4) is 11.3 Å². The number of benzene rings is 2. The predicted octanol–water partition coefficient (Wildman–Crippen LogP) is 6.52. The molecule has 0 aliphatic heterocycles. The van der Waals surface area contributed by atoms with Crippen LogP contribution >= 0.6 is 0 Å². The van der Waals surface area contributed by atoms with Gasteiger partial charge in [0.2, 0.25) is 0 Å². The van der Waals surface area contributed by atoms with Crippen molar-refractivity contribution >= 4 is 21.9 Å². The molecule has 0 spiro atoms. The van der Waals surface area contributed by atoms with Crippen LogP contribution in [0.3, 0.4) is 0 Å². The summed E-state index contributed by atoms with van der Waals surface area (Å²) in [5.41, 5.74) is 3.78. The van der Waals surface area contributed by atoms with Crippen LogP contribution in [-0.2, 0) is 6.42 Å². The fourth-order valence-electron chi connectivity index (χ4n) is 4.27. The van der Waals surface area contributed by atoms with Crippen molar-refractivity contribution in [2.45, 2.75) is 32.1 Å². The Hall–Kier alpha value is -2.68. The molecule has 0 N–H and O–H groups in total. The van der Waals surface area contributed by atoms with Crippen molar-refractivity contribution in [3.63, 3.8) is 0 Å². The zero-order valence-corrected chi connectivity index (χ0v) is 14.5. The Morgan fingerprint density at radius 2 is 1.85 bits per heavy atom. The fourth-order valence-corrected chi connectivity index (χ4v) is 4.27. The first-order valence-electron chi connectivity index (χ1n) is 9.34. The molecule has 1 fully saturated rings. The lowest BCUT2D eigenvalue weighted by molar-refractivity contribution is 0.546. The maximum atomic E-state index is 15.4. The molecule has 4 aromatic rings. The van der Waals surface area contributed by atoms with Crippen molar-refractivity contribution in [1.29, 1.82) is 0 Å². The van der Waals surface area contributed by atoms with Crippen LogP contribution in [0.5, 0.6) is 0 Å². The lowest BCUT2D eigenvalue weighted by Crippen LogP contribution is -1.99. The number of aromatic nitrogens is 1. The summed E-state index contributed by atoms with van der Waals surface area (Å²) in [7, 11) is 0. The highest BCUT2D eigenvalue weighted by Crippen LogP contribution is 2.35. The number of nitrogens with zero attached hydrogens (tertiary/aromatic N) is 1. The Bertz CT molecular complexity index is 1090. The average Bonchev–Trinajstić information content (AvgIpc) is 3.29. The lowest BCUT2D eigenvalue weighted by Gasteiger charge is -2.10. The topological polar surface area (TPSA) is 26.0 Å². The summed E-state index contributed by atoms with van der Waals surface area (Å²) in [5.74, 6) is 0.508. The van der Waals surface area contributed by atoms with Gasteiger partial charge in [-0.15, -0.1) is 0 Å². The third-order valence-electron chi connectivity index (χ3n) is 5.58. The van der Waals surface area contributed by atoms with Gasteiger partial charge in [-0.25, -0.2) is 4.39 Å². The molecule has 1 saturated carbocycles. The fraction of sp³-hybridized carbons (Fsp3) is 0.261. The van der Waals surface area contributed by atoms with Crippen LogP contribution in [0.15, 0.2) is 59.1 Å². The zero-order valence-electron chi connectivity index (χ0n) is 14.5. The van der Waals surface area contributed by atoms with Crippen LogP contribution in [0.25, 0.3) is 33.2 Å². The van der Waals surface area contributed by atoms with Crippen LogP contribution in [0.2, 0.25) is 0 Å².